The van der Waals surface area contributed by atoms with Crippen molar-refractivity contribution in [3.8, 4) is 10.6 Å². The molecule has 3 rings (SSSR count). The molecule has 0 aromatic carbocycles. The van der Waals surface area contributed by atoms with Crippen LogP contribution in [0.4, 0.5) is 0 Å². The maximum absolute atomic E-state index is 4.54. The van der Waals surface area contributed by atoms with Crippen molar-refractivity contribution in [3.05, 3.63) is 41.5 Å². The molecule has 3 aromatic heterocycles. The van der Waals surface area contributed by atoms with E-state index in [9.17, 15) is 0 Å². The van der Waals surface area contributed by atoms with Gasteiger partial charge in [-0.2, -0.15) is 17.7 Å². The van der Waals surface area contributed by atoms with Crippen molar-refractivity contribution < 1.29 is 0 Å². The molecule has 0 fully saturated rings. The minimum atomic E-state index is 0.647. The number of aromatic nitrogens is 3. The quantitative estimate of drug-likeness (QED) is 0.706. The van der Waals surface area contributed by atoms with E-state index in [1.165, 1.54) is 0 Å². The van der Waals surface area contributed by atoms with Crippen LogP contribution in [-0.2, 0) is 5.75 Å². The van der Waals surface area contributed by atoms with Crippen LogP contribution in [0.5, 0.6) is 0 Å². The summed E-state index contributed by atoms with van der Waals surface area (Å²) in [6, 6.07) is 5.97. The van der Waals surface area contributed by atoms with Crippen molar-refractivity contribution in [2.75, 3.05) is 0 Å². The van der Waals surface area contributed by atoms with Gasteiger partial charge in [0, 0.05) is 23.7 Å². The third-order valence-electron chi connectivity index (χ3n) is 2.40. The Balaban J connectivity index is 2.32. The lowest BCUT2D eigenvalue weighted by molar-refractivity contribution is 0.944. The molecule has 0 N–H and O–H groups in total. The molecule has 0 unspecified atom stereocenters. The SMILES string of the molecule is SCc1c(-c2cccs2)nn2cccnc12. The van der Waals surface area contributed by atoms with Crippen LogP contribution in [0.25, 0.3) is 16.2 Å². The fourth-order valence-corrected chi connectivity index (χ4v) is 2.72. The van der Waals surface area contributed by atoms with Crippen LogP contribution in [0, 0.1) is 0 Å². The molecule has 80 valence electrons. The number of hydrogen-bond acceptors (Lipinski definition) is 4. The summed E-state index contributed by atoms with van der Waals surface area (Å²) >= 11 is 6.05. The summed E-state index contributed by atoms with van der Waals surface area (Å²) in [4.78, 5) is 5.50. The lowest BCUT2D eigenvalue weighted by Crippen LogP contribution is -1.87. The summed E-state index contributed by atoms with van der Waals surface area (Å²) in [7, 11) is 0. The Kier molecular flexibility index (Phi) is 2.41. The van der Waals surface area contributed by atoms with E-state index in [1.54, 1.807) is 22.0 Å². The third-order valence-corrected chi connectivity index (χ3v) is 3.60. The predicted octanol–water partition coefficient (Wildman–Crippen LogP) is 2.89. The Bertz CT molecular complexity index is 613. The molecule has 0 atom stereocenters. The molecule has 0 aliphatic rings. The van der Waals surface area contributed by atoms with Gasteiger partial charge in [-0.3, -0.25) is 0 Å². The van der Waals surface area contributed by atoms with Gasteiger partial charge >= 0.3 is 0 Å². The van der Waals surface area contributed by atoms with Crippen LogP contribution >= 0.6 is 24.0 Å². The fourth-order valence-electron chi connectivity index (χ4n) is 1.69. The highest BCUT2D eigenvalue weighted by Gasteiger charge is 2.14. The Morgan fingerprint density at radius 1 is 1.38 bits per heavy atom. The predicted molar refractivity (Wildman–Crippen MR) is 69.0 cm³/mol. The second-order valence-corrected chi connectivity index (χ2v) is 4.61. The Morgan fingerprint density at radius 2 is 2.31 bits per heavy atom. The second kappa shape index (κ2) is 3.92. The van der Waals surface area contributed by atoms with Crippen molar-refractivity contribution >= 4 is 29.6 Å². The van der Waals surface area contributed by atoms with E-state index in [1.807, 2.05) is 18.3 Å². The Labute approximate surface area is 102 Å². The van der Waals surface area contributed by atoms with Crippen molar-refractivity contribution in [1.29, 1.82) is 0 Å². The molecule has 0 radical (unpaired) electrons. The highest BCUT2D eigenvalue weighted by atomic mass is 32.1. The molecular formula is C11H9N3S2. The van der Waals surface area contributed by atoms with Crippen molar-refractivity contribution in [2.45, 2.75) is 5.75 Å². The Hall–Kier alpha value is -1.33. The lowest BCUT2D eigenvalue weighted by atomic mass is 10.2. The van der Waals surface area contributed by atoms with Gasteiger partial charge in [-0.05, 0) is 17.5 Å². The average molecular weight is 247 g/mol. The molecule has 3 nitrogen and oxygen atoms in total. The maximum Gasteiger partial charge on any atom is 0.159 e. The molecule has 16 heavy (non-hydrogen) atoms. The number of nitrogens with zero attached hydrogens (tertiary/aromatic N) is 3. The summed E-state index contributed by atoms with van der Waals surface area (Å²) in [5, 5.41) is 6.59. The fraction of sp³-hybridized carbons (Fsp3) is 0.0909. The molecule has 0 bridgehead atoms. The number of thiol groups is 1. The zero-order valence-electron chi connectivity index (χ0n) is 8.37. The first-order chi connectivity index (χ1) is 7.90. The Morgan fingerprint density at radius 3 is 3.06 bits per heavy atom. The molecule has 3 heterocycles. The zero-order chi connectivity index (χ0) is 11.0. The first-order valence-electron chi connectivity index (χ1n) is 4.87. The van der Waals surface area contributed by atoms with Crippen LogP contribution in [0.3, 0.4) is 0 Å². The molecule has 0 spiro atoms. The highest BCUT2D eigenvalue weighted by Crippen LogP contribution is 2.29. The van der Waals surface area contributed by atoms with Gasteiger partial charge in [0.15, 0.2) is 5.65 Å². The van der Waals surface area contributed by atoms with Gasteiger partial charge < -0.3 is 0 Å². The van der Waals surface area contributed by atoms with Crippen molar-refractivity contribution in [1.82, 2.24) is 14.6 Å². The summed E-state index contributed by atoms with van der Waals surface area (Å²) < 4.78 is 1.81. The molecule has 5 heteroatoms. The minimum Gasteiger partial charge on any atom is -0.237 e. The third kappa shape index (κ3) is 1.44. The van der Waals surface area contributed by atoms with Gasteiger partial charge in [-0.15, -0.1) is 11.3 Å². The van der Waals surface area contributed by atoms with Gasteiger partial charge in [0.25, 0.3) is 0 Å². The van der Waals surface area contributed by atoms with Crippen molar-refractivity contribution in [2.24, 2.45) is 0 Å². The maximum atomic E-state index is 4.54. The van der Waals surface area contributed by atoms with Crippen LogP contribution in [-0.4, -0.2) is 14.6 Å². The van der Waals surface area contributed by atoms with Gasteiger partial charge in [0.2, 0.25) is 0 Å². The van der Waals surface area contributed by atoms with E-state index in [0.29, 0.717) is 5.75 Å². The monoisotopic (exact) mass is 247 g/mol. The van der Waals surface area contributed by atoms with Gasteiger partial charge in [0.1, 0.15) is 5.69 Å². The molecule has 0 aliphatic heterocycles. The summed E-state index contributed by atoms with van der Waals surface area (Å²) in [6.07, 6.45) is 3.69. The normalized spacial score (nSPS) is 11.1. The standard InChI is InChI=1S/C11H9N3S2/c15-7-8-10(9-3-1-6-16-9)13-14-5-2-4-12-11(8)14/h1-6,15H,7H2. The number of fused-ring (bicyclic) bond motifs is 1. The number of thiophene rings is 1. The first-order valence-corrected chi connectivity index (χ1v) is 6.38. The molecule has 0 aliphatic carbocycles. The van der Waals surface area contributed by atoms with E-state index in [0.717, 1.165) is 21.8 Å². The average Bonchev–Trinajstić information content (AvgIpc) is 2.95. The smallest absolute Gasteiger partial charge is 0.159 e. The largest absolute Gasteiger partial charge is 0.237 e. The molecule has 0 saturated carbocycles. The summed E-state index contributed by atoms with van der Waals surface area (Å²) in [5.74, 6) is 0.647. The topological polar surface area (TPSA) is 30.2 Å². The van der Waals surface area contributed by atoms with Crippen LogP contribution in [0.2, 0.25) is 0 Å². The van der Waals surface area contributed by atoms with Crippen LogP contribution in [0.1, 0.15) is 5.56 Å². The first kappa shape index (κ1) is 9.86. The van der Waals surface area contributed by atoms with E-state index in [-0.39, 0.29) is 0 Å². The van der Waals surface area contributed by atoms with E-state index in [4.69, 9.17) is 0 Å². The van der Waals surface area contributed by atoms with Gasteiger partial charge in [0.05, 0.1) is 4.88 Å². The van der Waals surface area contributed by atoms with Crippen LogP contribution in [0.15, 0.2) is 36.0 Å². The van der Waals surface area contributed by atoms with Gasteiger partial charge in [-0.25, -0.2) is 9.50 Å². The highest BCUT2D eigenvalue weighted by molar-refractivity contribution is 7.79. The summed E-state index contributed by atoms with van der Waals surface area (Å²) in [6.45, 7) is 0. The summed E-state index contributed by atoms with van der Waals surface area (Å²) in [5.41, 5.74) is 2.97. The minimum absolute atomic E-state index is 0.647. The van der Waals surface area contributed by atoms with E-state index in [2.05, 4.69) is 34.2 Å². The second-order valence-electron chi connectivity index (χ2n) is 3.35. The number of hydrogen-bond donors (Lipinski definition) is 1. The van der Waals surface area contributed by atoms with E-state index < -0.39 is 0 Å². The lowest BCUT2D eigenvalue weighted by Gasteiger charge is -1.94. The molecule has 0 amide bonds. The van der Waals surface area contributed by atoms with Gasteiger partial charge in [-0.1, -0.05) is 6.07 Å². The van der Waals surface area contributed by atoms with E-state index >= 15 is 0 Å². The molecule has 0 saturated heterocycles. The zero-order valence-corrected chi connectivity index (χ0v) is 10.1. The van der Waals surface area contributed by atoms with Crippen LogP contribution < -0.4 is 0 Å². The number of rotatable bonds is 2. The van der Waals surface area contributed by atoms with Crippen molar-refractivity contribution in [3.63, 3.8) is 0 Å². The molecule has 3 aromatic rings. The molecular weight excluding hydrogens is 238 g/mol.